The number of nitrogens with one attached hydrogen (secondary N) is 1. The standard InChI is InChI=1S/C14H20N2O3/c1-9-5-10(2)7-12(6-9)16(4)14(19)15-8-11(3)13(17)18/h5-7,11H,8H2,1-4H3,(H,15,19)(H,17,18). The predicted octanol–water partition coefficient (Wildman–Crippen LogP) is 2.17. The quantitative estimate of drug-likeness (QED) is 0.875. The first-order valence-electron chi connectivity index (χ1n) is 6.14. The molecule has 0 saturated carbocycles. The largest absolute Gasteiger partial charge is 0.481 e. The molecule has 1 aromatic rings. The second-order valence-electron chi connectivity index (χ2n) is 4.83. The van der Waals surface area contributed by atoms with Gasteiger partial charge in [0.15, 0.2) is 0 Å². The molecule has 0 heterocycles. The zero-order valence-electron chi connectivity index (χ0n) is 11.7. The Bertz CT molecular complexity index is 465. The van der Waals surface area contributed by atoms with Crippen LogP contribution in [-0.2, 0) is 4.79 Å². The molecule has 0 saturated heterocycles. The fourth-order valence-corrected chi connectivity index (χ4v) is 1.71. The maximum atomic E-state index is 11.9. The van der Waals surface area contributed by atoms with Crippen molar-refractivity contribution < 1.29 is 14.7 Å². The number of hydrogen-bond acceptors (Lipinski definition) is 2. The van der Waals surface area contributed by atoms with Crippen molar-refractivity contribution in [2.75, 3.05) is 18.5 Å². The molecule has 0 spiro atoms. The van der Waals surface area contributed by atoms with Gasteiger partial charge in [0, 0.05) is 19.3 Å². The molecule has 0 aliphatic rings. The fraction of sp³-hybridized carbons (Fsp3) is 0.429. The summed E-state index contributed by atoms with van der Waals surface area (Å²) >= 11 is 0. The lowest BCUT2D eigenvalue weighted by Gasteiger charge is -2.20. The second-order valence-corrected chi connectivity index (χ2v) is 4.83. The van der Waals surface area contributed by atoms with E-state index in [4.69, 9.17) is 5.11 Å². The lowest BCUT2D eigenvalue weighted by molar-refractivity contribution is -0.140. The summed E-state index contributed by atoms with van der Waals surface area (Å²) in [6.07, 6.45) is 0. The van der Waals surface area contributed by atoms with Gasteiger partial charge < -0.3 is 10.4 Å². The third kappa shape index (κ3) is 4.28. The number of anilines is 1. The Hall–Kier alpha value is -2.04. The smallest absolute Gasteiger partial charge is 0.321 e. The van der Waals surface area contributed by atoms with Crippen molar-refractivity contribution >= 4 is 17.7 Å². The predicted molar refractivity (Wildman–Crippen MR) is 74.5 cm³/mol. The van der Waals surface area contributed by atoms with Crippen LogP contribution in [0.3, 0.4) is 0 Å². The van der Waals surface area contributed by atoms with E-state index in [2.05, 4.69) is 5.32 Å². The number of aliphatic carboxylic acids is 1. The van der Waals surface area contributed by atoms with Crippen LogP contribution < -0.4 is 10.2 Å². The molecule has 19 heavy (non-hydrogen) atoms. The Balaban J connectivity index is 2.69. The molecule has 104 valence electrons. The Morgan fingerprint density at radius 2 is 1.79 bits per heavy atom. The van der Waals surface area contributed by atoms with Gasteiger partial charge in [-0.2, -0.15) is 0 Å². The molecule has 0 aromatic heterocycles. The number of benzene rings is 1. The minimum absolute atomic E-state index is 0.114. The molecule has 0 aliphatic heterocycles. The molecule has 2 amide bonds. The number of aryl methyl sites for hydroxylation is 2. The first-order valence-corrected chi connectivity index (χ1v) is 6.14. The van der Waals surface area contributed by atoms with Crippen molar-refractivity contribution in [3.8, 4) is 0 Å². The molecule has 0 fully saturated rings. The molecule has 1 rings (SSSR count). The van der Waals surface area contributed by atoms with Crippen LogP contribution in [0.15, 0.2) is 18.2 Å². The van der Waals surface area contributed by atoms with E-state index in [1.54, 1.807) is 14.0 Å². The van der Waals surface area contributed by atoms with Crippen LogP contribution in [-0.4, -0.2) is 30.7 Å². The van der Waals surface area contributed by atoms with Crippen molar-refractivity contribution in [1.29, 1.82) is 0 Å². The first-order chi connectivity index (χ1) is 8.81. The van der Waals surface area contributed by atoms with Crippen molar-refractivity contribution in [3.63, 3.8) is 0 Å². The number of rotatable bonds is 4. The number of amides is 2. The number of nitrogens with zero attached hydrogens (tertiary/aromatic N) is 1. The lowest BCUT2D eigenvalue weighted by Crippen LogP contribution is -2.40. The summed E-state index contributed by atoms with van der Waals surface area (Å²) in [6, 6.07) is 5.54. The van der Waals surface area contributed by atoms with Gasteiger partial charge in [0.25, 0.3) is 0 Å². The van der Waals surface area contributed by atoms with Crippen molar-refractivity contribution in [2.24, 2.45) is 5.92 Å². The van der Waals surface area contributed by atoms with Crippen molar-refractivity contribution in [2.45, 2.75) is 20.8 Å². The molecule has 2 N–H and O–H groups in total. The summed E-state index contributed by atoms with van der Waals surface area (Å²) in [7, 11) is 1.66. The summed E-state index contributed by atoms with van der Waals surface area (Å²) in [4.78, 5) is 24.1. The number of hydrogen-bond donors (Lipinski definition) is 2. The number of carbonyl (C=O) groups is 2. The third-order valence-corrected chi connectivity index (χ3v) is 2.88. The number of urea groups is 1. The molecule has 1 atom stereocenters. The monoisotopic (exact) mass is 264 g/mol. The molecule has 0 radical (unpaired) electrons. The van der Waals surface area contributed by atoms with Gasteiger partial charge in [-0.3, -0.25) is 9.69 Å². The molecule has 0 bridgehead atoms. The van der Waals surface area contributed by atoms with Gasteiger partial charge in [-0.25, -0.2) is 4.79 Å². The first kappa shape index (κ1) is 15.0. The summed E-state index contributed by atoms with van der Waals surface area (Å²) < 4.78 is 0. The van der Waals surface area contributed by atoms with Crippen LogP contribution in [0, 0.1) is 19.8 Å². The minimum Gasteiger partial charge on any atom is -0.481 e. The van der Waals surface area contributed by atoms with Crippen molar-refractivity contribution in [1.82, 2.24) is 5.32 Å². The van der Waals surface area contributed by atoms with Crippen LogP contribution in [0.25, 0.3) is 0 Å². The zero-order valence-corrected chi connectivity index (χ0v) is 11.7. The molecule has 1 unspecified atom stereocenters. The van der Waals surface area contributed by atoms with E-state index in [0.717, 1.165) is 16.8 Å². The molecular weight excluding hydrogens is 244 g/mol. The maximum Gasteiger partial charge on any atom is 0.321 e. The highest BCUT2D eigenvalue weighted by molar-refractivity contribution is 5.91. The van der Waals surface area contributed by atoms with Gasteiger partial charge in [0.1, 0.15) is 0 Å². The lowest BCUT2D eigenvalue weighted by atomic mass is 10.1. The van der Waals surface area contributed by atoms with Crippen LogP contribution in [0.1, 0.15) is 18.1 Å². The van der Waals surface area contributed by atoms with E-state index in [1.807, 2.05) is 32.0 Å². The third-order valence-electron chi connectivity index (χ3n) is 2.88. The Labute approximate surface area is 113 Å². The van der Waals surface area contributed by atoms with Crippen LogP contribution in [0.4, 0.5) is 10.5 Å². The second kappa shape index (κ2) is 6.22. The topological polar surface area (TPSA) is 69.6 Å². The highest BCUT2D eigenvalue weighted by Gasteiger charge is 2.15. The number of carboxylic acids is 1. The summed E-state index contributed by atoms with van der Waals surface area (Å²) in [5.41, 5.74) is 2.94. The van der Waals surface area contributed by atoms with Gasteiger partial charge in [-0.05, 0) is 37.1 Å². The van der Waals surface area contributed by atoms with Crippen LogP contribution in [0.2, 0.25) is 0 Å². The minimum atomic E-state index is -0.922. The SMILES string of the molecule is Cc1cc(C)cc(N(C)C(=O)NCC(C)C(=O)O)c1. The Morgan fingerprint density at radius 3 is 2.26 bits per heavy atom. The molecular formula is C14H20N2O3. The molecule has 0 aliphatic carbocycles. The highest BCUT2D eigenvalue weighted by Crippen LogP contribution is 2.17. The van der Waals surface area contributed by atoms with E-state index in [1.165, 1.54) is 4.90 Å². The molecule has 1 aromatic carbocycles. The van der Waals surface area contributed by atoms with E-state index in [-0.39, 0.29) is 12.6 Å². The van der Waals surface area contributed by atoms with Crippen LogP contribution in [0.5, 0.6) is 0 Å². The summed E-state index contributed by atoms with van der Waals surface area (Å²) in [5, 5.41) is 11.4. The zero-order chi connectivity index (χ0) is 14.6. The Morgan fingerprint density at radius 1 is 1.26 bits per heavy atom. The molecule has 5 heteroatoms. The van der Waals surface area contributed by atoms with E-state index < -0.39 is 11.9 Å². The van der Waals surface area contributed by atoms with Gasteiger partial charge in [0.05, 0.1) is 5.92 Å². The van der Waals surface area contributed by atoms with E-state index >= 15 is 0 Å². The highest BCUT2D eigenvalue weighted by atomic mass is 16.4. The number of carboxylic acid groups (broad SMARTS) is 1. The van der Waals surface area contributed by atoms with Gasteiger partial charge in [-0.15, -0.1) is 0 Å². The van der Waals surface area contributed by atoms with Gasteiger partial charge in [-0.1, -0.05) is 13.0 Å². The maximum absolute atomic E-state index is 11.9. The average Bonchev–Trinajstić information content (AvgIpc) is 2.33. The normalized spacial score (nSPS) is 11.8. The average molecular weight is 264 g/mol. The number of carbonyl (C=O) groups excluding carboxylic acids is 1. The van der Waals surface area contributed by atoms with E-state index in [0.29, 0.717) is 0 Å². The van der Waals surface area contributed by atoms with E-state index in [9.17, 15) is 9.59 Å². The van der Waals surface area contributed by atoms with Gasteiger partial charge >= 0.3 is 12.0 Å². The summed E-state index contributed by atoms with van der Waals surface area (Å²) in [6.45, 7) is 5.60. The fourth-order valence-electron chi connectivity index (χ4n) is 1.71. The van der Waals surface area contributed by atoms with Crippen molar-refractivity contribution in [3.05, 3.63) is 29.3 Å². The Kier molecular flexibility index (Phi) is 4.92. The summed E-state index contributed by atoms with van der Waals surface area (Å²) in [5.74, 6) is -1.52. The molecule has 5 nitrogen and oxygen atoms in total. The van der Waals surface area contributed by atoms with Crippen LogP contribution >= 0.6 is 0 Å². The van der Waals surface area contributed by atoms with Gasteiger partial charge in [0.2, 0.25) is 0 Å².